The van der Waals surface area contributed by atoms with Crippen LogP contribution in [0.1, 0.15) is 12.8 Å². The molecule has 20 heavy (non-hydrogen) atoms. The quantitative estimate of drug-likeness (QED) is 0.815. The molecule has 6 nitrogen and oxygen atoms in total. The van der Waals surface area contributed by atoms with E-state index in [9.17, 15) is 14.4 Å². The largest absolute Gasteiger partial charge is 0.454 e. The van der Waals surface area contributed by atoms with E-state index >= 15 is 0 Å². The first-order valence-electron chi connectivity index (χ1n) is 6.06. The van der Waals surface area contributed by atoms with E-state index in [4.69, 9.17) is 16.3 Å². The van der Waals surface area contributed by atoms with Crippen molar-refractivity contribution in [1.29, 1.82) is 0 Å². The van der Waals surface area contributed by atoms with Crippen LogP contribution in [0.3, 0.4) is 0 Å². The van der Waals surface area contributed by atoms with E-state index in [1.165, 1.54) is 0 Å². The lowest BCUT2D eigenvalue weighted by atomic mass is 10.2. The summed E-state index contributed by atoms with van der Waals surface area (Å²) in [6, 6.07) is 6.08. The van der Waals surface area contributed by atoms with Gasteiger partial charge in [0, 0.05) is 6.42 Å². The molecule has 2 rings (SSSR count). The third-order valence-corrected chi connectivity index (χ3v) is 3.10. The SMILES string of the molecule is O=C(COC(=O)[C@H]1CCC(=O)N1)Nc1ccccc1Cl. The fourth-order valence-electron chi connectivity index (χ4n) is 1.78. The number of hydrogen-bond acceptors (Lipinski definition) is 4. The Labute approximate surface area is 120 Å². The number of benzene rings is 1. The summed E-state index contributed by atoms with van der Waals surface area (Å²) in [6.07, 6.45) is 0.690. The van der Waals surface area contributed by atoms with Crippen molar-refractivity contribution in [3.8, 4) is 0 Å². The molecule has 2 N–H and O–H groups in total. The van der Waals surface area contributed by atoms with Crippen LogP contribution in [0.5, 0.6) is 0 Å². The Morgan fingerprint density at radius 3 is 2.80 bits per heavy atom. The Balaban J connectivity index is 1.79. The summed E-state index contributed by atoms with van der Waals surface area (Å²) in [5.74, 6) is -1.28. The Morgan fingerprint density at radius 1 is 1.40 bits per heavy atom. The molecule has 106 valence electrons. The molecular weight excluding hydrogens is 284 g/mol. The van der Waals surface area contributed by atoms with Crippen LogP contribution in [0, 0.1) is 0 Å². The first-order chi connectivity index (χ1) is 9.56. The molecule has 0 aliphatic carbocycles. The highest BCUT2D eigenvalue weighted by Gasteiger charge is 2.28. The molecule has 1 atom stereocenters. The van der Waals surface area contributed by atoms with Gasteiger partial charge in [-0.25, -0.2) is 4.79 Å². The van der Waals surface area contributed by atoms with Gasteiger partial charge in [0.25, 0.3) is 5.91 Å². The minimum absolute atomic E-state index is 0.188. The van der Waals surface area contributed by atoms with Crippen LogP contribution in [0.2, 0.25) is 5.02 Å². The predicted molar refractivity (Wildman–Crippen MR) is 72.2 cm³/mol. The number of rotatable bonds is 4. The van der Waals surface area contributed by atoms with Crippen LogP contribution in [0.4, 0.5) is 5.69 Å². The minimum Gasteiger partial charge on any atom is -0.454 e. The standard InChI is InChI=1S/C13H13ClN2O4/c14-8-3-1-2-4-9(8)15-12(18)7-20-13(19)10-5-6-11(17)16-10/h1-4,10H,5-7H2,(H,15,18)(H,16,17)/t10-/m1/s1. The highest BCUT2D eigenvalue weighted by Crippen LogP contribution is 2.20. The monoisotopic (exact) mass is 296 g/mol. The summed E-state index contributed by atoms with van der Waals surface area (Å²) >= 11 is 5.88. The fourth-order valence-corrected chi connectivity index (χ4v) is 1.96. The number of hydrogen-bond donors (Lipinski definition) is 2. The number of carbonyl (C=O) groups excluding carboxylic acids is 3. The molecule has 0 bridgehead atoms. The van der Waals surface area contributed by atoms with Crippen LogP contribution in [0.25, 0.3) is 0 Å². The number of para-hydroxylation sites is 1. The normalized spacial score (nSPS) is 17.4. The van der Waals surface area contributed by atoms with Crippen LogP contribution >= 0.6 is 11.6 Å². The summed E-state index contributed by atoms with van der Waals surface area (Å²) < 4.78 is 4.84. The molecule has 0 saturated carbocycles. The Morgan fingerprint density at radius 2 is 2.15 bits per heavy atom. The second-order valence-corrected chi connectivity index (χ2v) is 4.70. The molecule has 7 heteroatoms. The molecule has 1 saturated heterocycles. The lowest BCUT2D eigenvalue weighted by molar-refractivity contribution is -0.149. The van der Waals surface area contributed by atoms with Crippen molar-refractivity contribution >= 4 is 35.1 Å². The van der Waals surface area contributed by atoms with E-state index in [-0.39, 0.29) is 5.91 Å². The van der Waals surface area contributed by atoms with E-state index in [1.54, 1.807) is 24.3 Å². The van der Waals surface area contributed by atoms with Gasteiger partial charge in [-0.1, -0.05) is 23.7 Å². The van der Waals surface area contributed by atoms with Crippen molar-refractivity contribution < 1.29 is 19.1 Å². The molecule has 0 radical (unpaired) electrons. The lowest BCUT2D eigenvalue weighted by Gasteiger charge is -2.10. The zero-order chi connectivity index (χ0) is 14.5. The van der Waals surface area contributed by atoms with Crippen molar-refractivity contribution in [3.63, 3.8) is 0 Å². The number of anilines is 1. The highest BCUT2D eigenvalue weighted by atomic mass is 35.5. The molecule has 1 aliphatic rings. The molecule has 1 aliphatic heterocycles. The summed E-state index contributed by atoms with van der Waals surface area (Å²) in [5.41, 5.74) is 0.449. The Bertz CT molecular complexity index is 547. The zero-order valence-electron chi connectivity index (χ0n) is 10.5. The van der Waals surface area contributed by atoms with E-state index in [0.29, 0.717) is 23.6 Å². The molecule has 1 heterocycles. The number of carbonyl (C=O) groups is 3. The van der Waals surface area contributed by atoms with Gasteiger partial charge in [-0.2, -0.15) is 0 Å². The zero-order valence-corrected chi connectivity index (χ0v) is 11.3. The van der Waals surface area contributed by atoms with Crippen molar-refractivity contribution in [2.24, 2.45) is 0 Å². The molecule has 2 amide bonds. The number of halogens is 1. The number of esters is 1. The molecule has 1 aromatic carbocycles. The lowest BCUT2D eigenvalue weighted by Crippen LogP contribution is -2.36. The van der Waals surface area contributed by atoms with E-state index in [2.05, 4.69) is 10.6 Å². The van der Waals surface area contributed by atoms with Crippen molar-refractivity contribution in [2.45, 2.75) is 18.9 Å². The van der Waals surface area contributed by atoms with E-state index < -0.39 is 24.5 Å². The molecule has 0 unspecified atom stereocenters. The van der Waals surface area contributed by atoms with Gasteiger partial charge >= 0.3 is 5.97 Å². The predicted octanol–water partition coefficient (Wildman–Crippen LogP) is 1.10. The van der Waals surface area contributed by atoms with Crippen LogP contribution < -0.4 is 10.6 Å². The van der Waals surface area contributed by atoms with Crippen LogP contribution in [0.15, 0.2) is 24.3 Å². The molecule has 0 spiro atoms. The third kappa shape index (κ3) is 3.71. The second kappa shape index (κ2) is 6.38. The first-order valence-corrected chi connectivity index (χ1v) is 6.44. The second-order valence-electron chi connectivity index (χ2n) is 4.29. The maximum atomic E-state index is 11.6. The minimum atomic E-state index is -0.657. The molecular formula is C13H13ClN2O4. The first kappa shape index (κ1) is 14.3. The maximum absolute atomic E-state index is 11.6. The summed E-state index contributed by atoms with van der Waals surface area (Å²) in [4.78, 5) is 34.1. The fraction of sp³-hybridized carbons (Fsp3) is 0.308. The Hall–Kier alpha value is -2.08. The van der Waals surface area contributed by atoms with Gasteiger partial charge in [0.2, 0.25) is 5.91 Å². The average molecular weight is 297 g/mol. The van der Waals surface area contributed by atoms with Gasteiger partial charge < -0.3 is 15.4 Å². The average Bonchev–Trinajstić information content (AvgIpc) is 2.85. The van der Waals surface area contributed by atoms with Crippen molar-refractivity contribution in [3.05, 3.63) is 29.3 Å². The van der Waals surface area contributed by atoms with Gasteiger partial charge in [0.15, 0.2) is 6.61 Å². The smallest absolute Gasteiger partial charge is 0.329 e. The van der Waals surface area contributed by atoms with E-state index in [1.807, 2.05) is 0 Å². The van der Waals surface area contributed by atoms with Gasteiger partial charge in [0.05, 0.1) is 10.7 Å². The number of amides is 2. The number of ether oxygens (including phenoxy) is 1. The molecule has 1 aromatic rings. The molecule has 0 aromatic heterocycles. The van der Waals surface area contributed by atoms with Gasteiger partial charge in [-0.15, -0.1) is 0 Å². The van der Waals surface area contributed by atoms with E-state index in [0.717, 1.165) is 0 Å². The van der Waals surface area contributed by atoms with Gasteiger partial charge in [-0.3, -0.25) is 9.59 Å². The number of nitrogens with one attached hydrogen (secondary N) is 2. The van der Waals surface area contributed by atoms with Crippen LogP contribution in [-0.2, 0) is 19.1 Å². The Kier molecular flexibility index (Phi) is 4.57. The van der Waals surface area contributed by atoms with Crippen LogP contribution in [-0.4, -0.2) is 30.4 Å². The summed E-state index contributed by atoms with van der Waals surface area (Å²) in [7, 11) is 0. The van der Waals surface area contributed by atoms with Gasteiger partial charge in [0.1, 0.15) is 6.04 Å². The maximum Gasteiger partial charge on any atom is 0.329 e. The van der Waals surface area contributed by atoms with Crippen molar-refractivity contribution in [1.82, 2.24) is 5.32 Å². The third-order valence-electron chi connectivity index (χ3n) is 2.77. The summed E-state index contributed by atoms with van der Waals surface area (Å²) in [6.45, 7) is -0.420. The highest BCUT2D eigenvalue weighted by molar-refractivity contribution is 6.33. The summed E-state index contributed by atoms with van der Waals surface area (Å²) in [5, 5.41) is 5.40. The molecule has 1 fully saturated rings. The van der Waals surface area contributed by atoms with Crippen molar-refractivity contribution in [2.75, 3.05) is 11.9 Å². The van der Waals surface area contributed by atoms with Gasteiger partial charge in [-0.05, 0) is 18.6 Å². The topological polar surface area (TPSA) is 84.5 Å².